The molecule has 0 saturated carbocycles. The van der Waals surface area contributed by atoms with E-state index in [-0.39, 0.29) is 18.9 Å². The predicted octanol–water partition coefficient (Wildman–Crippen LogP) is 4.57. The lowest BCUT2D eigenvalue weighted by atomic mass is 10.1. The monoisotopic (exact) mass is 438 g/mol. The minimum absolute atomic E-state index is 0.0862. The fraction of sp³-hybridized carbons (Fsp3) is 0.368. The molecule has 1 heterocycles. The first-order chi connectivity index (χ1) is 13.8. The summed E-state index contributed by atoms with van der Waals surface area (Å²) in [5.41, 5.74) is 1.48. The number of aryl methyl sites for hydroxylation is 1. The van der Waals surface area contributed by atoms with Gasteiger partial charge in [-0.05, 0) is 38.5 Å². The maximum absolute atomic E-state index is 13.4. The van der Waals surface area contributed by atoms with Crippen molar-refractivity contribution in [3.63, 3.8) is 0 Å². The van der Waals surface area contributed by atoms with Crippen LogP contribution in [-0.2, 0) is 24.6 Å². The van der Waals surface area contributed by atoms with E-state index >= 15 is 0 Å². The molecule has 0 radical (unpaired) electrons. The highest BCUT2D eigenvalue weighted by Gasteiger charge is 2.64. The lowest BCUT2D eigenvalue weighted by Crippen LogP contribution is -2.10. The summed E-state index contributed by atoms with van der Waals surface area (Å²) in [6, 6.07) is 12.6. The molecule has 2 aromatic rings. The molecule has 0 aromatic heterocycles. The van der Waals surface area contributed by atoms with Crippen molar-refractivity contribution in [2.45, 2.75) is 37.5 Å². The maximum Gasteiger partial charge on any atom is 0.350 e. The van der Waals surface area contributed by atoms with Crippen LogP contribution in [0.3, 0.4) is 0 Å². The normalized spacial score (nSPS) is 22.2. The molecule has 2 aromatic carbocycles. The maximum atomic E-state index is 13.4. The zero-order valence-corrected chi connectivity index (χ0v) is 18.1. The fourth-order valence-electron chi connectivity index (χ4n) is 3.18. The molecule has 1 aliphatic rings. The molecule has 0 N–H and O–H groups in total. The van der Waals surface area contributed by atoms with Crippen molar-refractivity contribution in [3.05, 3.63) is 69.8 Å². The minimum atomic E-state index is -3.62. The zero-order valence-electron chi connectivity index (χ0n) is 16.4. The SMILES string of the molecule is CCOP(=O)(OCC)[C@@H]1[C@@H](c2cccc([N+](=O)[O-])c2)N1S(=O)c1ccc(C)cc1. The summed E-state index contributed by atoms with van der Waals surface area (Å²) in [5.74, 6) is -0.786. The first-order valence-corrected chi connectivity index (χ1v) is 11.9. The van der Waals surface area contributed by atoms with Crippen molar-refractivity contribution in [3.8, 4) is 0 Å². The van der Waals surface area contributed by atoms with E-state index in [0.717, 1.165) is 5.56 Å². The highest BCUT2D eigenvalue weighted by Crippen LogP contribution is 2.69. The van der Waals surface area contributed by atoms with E-state index in [0.29, 0.717) is 10.5 Å². The van der Waals surface area contributed by atoms with Gasteiger partial charge >= 0.3 is 7.60 Å². The number of rotatable bonds is 9. The van der Waals surface area contributed by atoms with Gasteiger partial charge in [0.05, 0.1) is 29.1 Å². The van der Waals surface area contributed by atoms with Gasteiger partial charge in [-0.25, -0.2) is 4.21 Å². The Kier molecular flexibility index (Phi) is 6.65. The van der Waals surface area contributed by atoms with Gasteiger partial charge in [0.15, 0.2) is 0 Å². The molecule has 0 aliphatic carbocycles. The van der Waals surface area contributed by atoms with Gasteiger partial charge < -0.3 is 9.05 Å². The highest BCUT2D eigenvalue weighted by atomic mass is 32.2. The molecule has 0 bridgehead atoms. The Morgan fingerprint density at radius 2 is 1.76 bits per heavy atom. The van der Waals surface area contributed by atoms with Crippen LogP contribution in [0.25, 0.3) is 0 Å². The third-order valence-electron chi connectivity index (χ3n) is 4.51. The lowest BCUT2D eigenvalue weighted by molar-refractivity contribution is -0.384. The standard InChI is InChI=1S/C19H23N2O6PS/c1-4-26-28(24,27-5-2)19-18(15-7-6-8-16(13-15)21(22)23)20(19)29(25)17-11-9-14(3)10-12-17/h6-13,18-19H,4-5H2,1-3H3/t18-,19-,20?,29?/m1/s1. The van der Waals surface area contributed by atoms with Gasteiger partial charge in [-0.2, -0.15) is 4.31 Å². The third kappa shape index (κ3) is 4.49. The molecular weight excluding hydrogens is 415 g/mol. The number of hydrogen-bond donors (Lipinski definition) is 0. The van der Waals surface area contributed by atoms with E-state index in [1.807, 2.05) is 19.1 Å². The average Bonchev–Trinajstić information content (AvgIpc) is 3.45. The molecule has 2 unspecified atom stereocenters. The summed E-state index contributed by atoms with van der Waals surface area (Å²) in [4.78, 5) is 11.2. The van der Waals surface area contributed by atoms with Gasteiger partial charge in [-0.1, -0.05) is 29.8 Å². The minimum Gasteiger partial charge on any atom is -0.308 e. The van der Waals surface area contributed by atoms with Crippen molar-refractivity contribution < 1.29 is 22.7 Å². The smallest absolute Gasteiger partial charge is 0.308 e. The molecule has 29 heavy (non-hydrogen) atoms. The molecule has 1 fully saturated rings. The molecule has 8 nitrogen and oxygen atoms in total. The molecule has 3 rings (SSSR count). The second kappa shape index (κ2) is 8.85. The van der Waals surface area contributed by atoms with Crippen LogP contribution in [-0.4, -0.2) is 32.4 Å². The van der Waals surface area contributed by atoms with E-state index in [9.17, 15) is 18.9 Å². The molecule has 1 aliphatic heterocycles. The quantitative estimate of drug-likeness (QED) is 0.246. The van der Waals surface area contributed by atoms with Gasteiger partial charge in [0, 0.05) is 12.1 Å². The number of nitrogens with zero attached hydrogens (tertiary/aromatic N) is 2. The summed E-state index contributed by atoms with van der Waals surface area (Å²) in [6.45, 7) is 5.67. The van der Waals surface area contributed by atoms with Crippen LogP contribution in [0.4, 0.5) is 5.69 Å². The highest BCUT2D eigenvalue weighted by molar-refractivity contribution is 7.83. The summed E-state index contributed by atoms with van der Waals surface area (Å²) in [7, 11) is -5.25. The van der Waals surface area contributed by atoms with Gasteiger partial charge in [0.2, 0.25) is 0 Å². The molecule has 0 spiro atoms. The van der Waals surface area contributed by atoms with Gasteiger partial charge in [-0.15, -0.1) is 0 Å². The van der Waals surface area contributed by atoms with E-state index in [2.05, 4.69) is 0 Å². The molecule has 10 heteroatoms. The predicted molar refractivity (Wildman–Crippen MR) is 110 cm³/mol. The van der Waals surface area contributed by atoms with Crippen LogP contribution in [0.2, 0.25) is 0 Å². The Balaban J connectivity index is 2.01. The van der Waals surface area contributed by atoms with Crippen LogP contribution in [0.15, 0.2) is 53.4 Å². The third-order valence-corrected chi connectivity index (χ3v) is 8.59. The molecule has 4 atom stereocenters. The Morgan fingerprint density at radius 1 is 1.14 bits per heavy atom. The average molecular weight is 438 g/mol. The largest absolute Gasteiger partial charge is 0.350 e. The van der Waals surface area contributed by atoms with E-state index < -0.39 is 35.3 Å². The first kappa shape index (κ1) is 21.8. The summed E-state index contributed by atoms with van der Waals surface area (Å²) < 4.78 is 39.2. The second-order valence-corrected chi connectivity index (χ2v) is 10.0. The van der Waals surface area contributed by atoms with E-state index in [1.54, 1.807) is 38.1 Å². The van der Waals surface area contributed by atoms with Crippen LogP contribution in [0, 0.1) is 17.0 Å². The fourth-order valence-corrected chi connectivity index (χ4v) is 7.29. The van der Waals surface area contributed by atoms with Crippen LogP contribution in [0.5, 0.6) is 0 Å². The Labute approximate surface area is 172 Å². The Hall–Kier alpha value is -1.90. The number of non-ortho nitro benzene ring substituents is 1. The van der Waals surface area contributed by atoms with E-state index in [4.69, 9.17) is 9.05 Å². The molecule has 156 valence electrons. The van der Waals surface area contributed by atoms with Gasteiger partial charge in [0.1, 0.15) is 16.8 Å². The zero-order chi connectivity index (χ0) is 21.2. The Morgan fingerprint density at radius 3 is 2.31 bits per heavy atom. The second-order valence-electron chi connectivity index (χ2n) is 6.51. The van der Waals surface area contributed by atoms with Crippen molar-refractivity contribution in [2.24, 2.45) is 0 Å². The number of hydrogen-bond acceptors (Lipinski definition) is 6. The summed E-state index contributed by atoms with van der Waals surface area (Å²) >= 11 is 0. The number of benzene rings is 2. The number of nitro groups is 1. The van der Waals surface area contributed by atoms with Crippen molar-refractivity contribution in [1.29, 1.82) is 0 Å². The summed E-state index contributed by atoms with van der Waals surface area (Å²) in [6.07, 6.45) is 0. The van der Waals surface area contributed by atoms with Crippen LogP contribution < -0.4 is 0 Å². The van der Waals surface area contributed by atoms with Gasteiger partial charge in [-0.3, -0.25) is 14.7 Å². The number of nitro benzene ring substituents is 1. The molecule has 0 amide bonds. The summed E-state index contributed by atoms with van der Waals surface area (Å²) in [5, 5.41) is 11.2. The molecular formula is C19H23N2O6PS. The van der Waals surface area contributed by atoms with Crippen LogP contribution in [0.1, 0.15) is 31.0 Å². The van der Waals surface area contributed by atoms with Crippen LogP contribution >= 0.6 is 7.60 Å². The topological polar surface area (TPSA) is 98.8 Å². The van der Waals surface area contributed by atoms with E-state index in [1.165, 1.54) is 16.4 Å². The van der Waals surface area contributed by atoms with Crippen molar-refractivity contribution in [1.82, 2.24) is 4.31 Å². The van der Waals surface area contributed by atoms with Crippen molar-refractivity contribution >= 4 is 24.3 Å². The van der Waals surface area contributed by atoms with Crippen molar-refractivity contribution in [2.75, 3.05) is 13.2 Å². The molecule has 1 saturated heterocycles. The Bertz CT molecular complexity index is 957. The van der Waals surface area contributed by atoms with Gasteiger partial charge in [0.25, 0.3) is 5.69 Å². The first-order valence-electron chi connectivity index (χ1n) is 9.22. The lowest BCUT2D eigenvalue weighted by Gasteiger charge is -2.16.